The fraction of sp³-hybridized carbons (Fsp3) is 0.231. The number of ether oxygens (including phenoxy) is 1. The zero-order valence-electron chi connectivity index (χ0n) is 11.7. The normalized spacial score (nSPS) is 10.0. The van der Waals surface area contributed by atoms with Crippen molar-refractivity contribution in [3.8, 4) is 0 Å². The lowest BCUT2D eigenvalue weighted by Gasteiger charge is -2.03. The van der Waals surface area contributed by atoms with Gasteiger partial charge in [0.25, 0.3) is 5.91 Å². The molecular weight excluding hydrogens is 292 g/mol. The summed E-state index contributed by atoms with van der Waals surface area (Å²) >= 11 is 0. The molecule has 2 heterocycles. The first kappa shape index (κ1) is 15.3. The van der Waals surface area contributed by atoms with E-state index in [1.165, 1.54) is 13.1 Å². The molecule has 2 aromatic heterocycles. The minimum atomic E-state index is -0.793. The van der Waals surface area contributed by atoms with Gasteiger partial charge < -0.3 is 14.5 Å². The van der Waals surface area contributed by atoms with Crippen molar-refractivity contribution in [2.45, 2.75) is 6.54 Å². The number of esters is 1. The van der Waals surface area contributed by atoms with Gasteiger partial charge >= 0.3 is 12.0 Å². The molecule has 0 aliphatic heterocycles. The Hall–Kier alpha value is -3.10. The van der Waals surface area contributed by atoms with Crippen molar-refractivity contribution in [3.05, 3.63) is 42.1 Å². The second-order valence-corrected chi connectivity index (χ2v) is 4.17. The molecule has 9 heteroatoms. The summed E-state index contributed by atoms with van der Waals surface area (Å²) in [5.41, 5.74) is 0. The number of rotatable bonds is 5. The van der Waals surface area contributed by atoms with Gasteiger partial charge in [0.2, 0.25) is 5.76 Å². The third kappa shape index (κ3) is 4.20. The molecule has 2 rings (SSSR count). The van der Waals surface area contributed by atoms with Gasteiger partial charge in [-0.2, -0.15) is 5.10 Å². The fourth-order valence-electron chi connectivity index (χ4n) is 1.55. The van der Waals surface area contributed by atoms with Crippen molar-refractivity contribution < 1.29 is 23.5 Å². The average Bonchev–Trinajstić information content (AvgIpc) is 3.17. The molecular formula is C13H14N4O5. The number of amides is 3. The van der Waals surface area contributed by atoms with Gasteiger partial charge in [0, 0.05) is 19.4 Å². The summed E-state index contributed by atoms with van der Waals surface area (Å²) in [5.74, 6) is -1.05. The van der Waals surface area contributed by atoms with Crippen LogP contribution in [0.2, 0.25) is 0 Å². The van der Waals surface area contributed by atoms with Crippen LogP contribution in [-0.2, 0) is 16.1 Å². The Morgan fingerprint density at radius 2 is 2.18 bits per heavy atom. The van der Waals surface area contributed by atoms with Crippen LogP contribution in [0.4, 0.5) is 4.79 Å². The number of hydrogen-bond acceptors (Lipinski definition) is 6. The topological polar surface area (TPSA) is 115 Å². The Bertz CT molecular complexity index is 662. The van der Waals surface area contributed by atoms with Gasteiger partial charge in [0.1, 0.15) is 5.76 Å². The average molecular weight is 306 g/mol. The Morgan fingerprint density at radius 3 is 2.86 bits per heavy atom. The Balaban J connectivity index is 1.84. The third-order valence-corrected chi connectivity index (χ3v) is 2.55. The lowest BCUT2D eigenvalue weighted by molar-refractivity contribution is -0.123. The summed E-state index contributed by atoms with van der Waals surface area (Å²) in [6, 6.07) is 4.14. The van der Waals surface area contributed by atoms with Crippen LogP contribution in [0.25, 0.3) is 0 Å². The van der Waals surface area contributed by atoms with E-state index in [2.05, 4.69) is 10.4 Å². The highest BCUT2D eigenvalue weighted by Gasteiger charge is 2.15. The van der Waals surface area contributed by atoms with Crippen LogP contribution < -0.4 is 10.6 Å². The molecule has 3 amide bonds. The molecule has 2 aromatic rings. The molecule has 0 saturated carbocycles. The molecule has 116 valence electrons. The highest BCUT2D eigenvalue weighted by atomic mass is 16.5. The van der Waals surface area contributed by atoms with Crippen LogP contribution in [-0.4, -0.2) is 41.3 Å². The van der Waals surface area contributed by atoms with Crippen molar-refractivity contribution >= 4 is 17.9 Å². The number of furan rings is 1. The quantitative estimate of drug-likeness (QED) is 0.759. The maximum absolute atomic E-state index is 11.7. The van der Waals surface area contributed by atoms with Crippen molar-refractivity contribution in [1.82, 2.24) is 20.4 Å². The zero-order chi connectivity index (χ0) is 15.9. The van der Waals surface area contributed by atoms with E-state index in [1.807, 2.05) is 5.32 Å². The minimum Gasteiger partial charge on any atom is -0.452 e. The number of nitrogens with one attached hydrogen (secondary N) is 2. The first-order valence-electron chi connectivity index (χ1n) is 6.33. The van der Waals surface area contributed by atoms with E-state index in [-0.39, 0.29) is 5.76 Å². The number of carbonyl (C=O) groups excluding carboxylic acids is 3. The second kappa shape index (κ2) is 7.07. The molecule has 0 bridgehead atoms. The molecule has 0 radical (unpaired) electrons. The zero-order valence-corrected chi connectivity index (χ0v) is 11.7. The summed E-state index contributed by atoms with van der Waals surface area (Å²) < 4.78 is 11.7. The van der Waals surface area contributed by atoms with E-state index < -0.39 is 24.5 Å². The number of carbonyl (C=O) groups is 3. The molecule has 2 N–H and O–H groups in total. The molecule has 9 nitrogen and oxygen atoms in total. The van der Waals surface area contributed by atoms with Gasteiger partial charge in [0.15, 0.2) is 6.61 Å². The smallest absolute Gasteiger partial charge is 0.374 e. The second-order valence-electron chi connectivity index (χ2n) is 4.17. The highest BCUT2D eigenvalue weighted by molar-refractivity contribution is 5.96. The predicted octanol–water partition coefficient (Wildman–Crippen LogP) is 0.137. The molecule has 0 spiro atoms. The van der Waals surface area contributed by atoms with Crippen molar-refractivity contribution in [1.29, 1.82) is 0 Å². The monoisotopic (exact) mass is 306 g/mol. The number of nitrogens with zero attached hydrogens (tertiary/aromatic N) is 2. The van der Waals surface area contributed by atoms with Gasteiger partial charge in [-0.3, -0.25) is 14.8 Å². The molecule has 22 heavy (non-hydrogen) atoms. The standard InChI is InChI=1S/C13H14N4O5/c1-14-13(20)16-11(18)8-21-12(19)10-4-3-9(22-10)7-17-6-2-5-15-17/h2-6H,7-8H2,1H3,(H2,14,16,18,20). The molecule has 0 unspecified atom stereocenters. The van der Waals surface area contributed by atoms with E-state index in [1.54, 1.807) is 29.2 Å². The lowest BCUT2D eigenvalue weighted by Crippen LogP contribution is -2.39. The summed E-state index contributed by atoms with van der Waals surface area (Å²) in [5, 5.41) is 8.17. The molecule has 0 atom stereocenters. The number of aromatic nitrogens is 2. The van der Waals surface area contributed by atoms with E-state index in [9.17, 15) is 14.4 Å². The summed E-state index contributed by atoms with van der Waals surface area (Å²) in [6.07, 6.45) is 3.38. The summed E-state index contributed by atoms with van der Waals surface area (Å²) in [4.78, 5) is 33.9. The van der Waals surface area contributed by atoms with E-state index in [0.29, 0.717) is 12.3 Å². The first-order valence-corrected chi connectivity index (χ1v) is 6.33. The van der Waals surface area contributed by atoms with Crippen LogP contribution in [0.15, 0.2) is 35.0 Å². The number of urea groups is 1. The molecule has 0 aliphatic rings. The Morgan fingerprint density at radius 1 is 1.36 bits per heavy atom. The van der Waals surface area contributed by atoms with Gasteiger partial charge in [-0.05, 0) is 18.2 Å². The van der Waals surface area contributed by atoms with Crippen molar-refractivity contribution in [2.24, 2.45) is 0 Å². The number of hydrogen-bond donors (Lipinski definition) is 2. The molecule has 0 saturated heterocycles. The Labute approximate surface area is 125 Å². The maximum atomic E-state index is 11.7. The minimum absolute atomic E-state index is 0.0325. The van der Waals surface area contributed by atoms with Crippen LogP contribution in [0.5, 0.6) is 0 Å². The van der Waals surface area contributed by atoms with E-state index >= 15 is 0 Å². The first-order chi connectivity index (χ1) is 10.6. The largest absolute Gasteiger partial charge is 0.452 e. The molecule has 0 aliphatic carbocycles. The predicted molar refractivity (Wildman–Crippen MR) is 72.9 cm³/mol. The fourth-order valence-corrected chi connectivity index (χ4v) is 1.55. The van der Waals surface area contributed by atoms with E-state index in [0.717, 1.165) is 0 Å². The van der Waals surface area contributed by atoms with Crippen LogP contribution in [0.3, 0.4) is 0 Å². The lowest BCUT2D eigenvalue weighted by atomic mass is 10.4. The number of imide groups is 1. The van der Waals surface area contributed by atoms with Crippen LogP contribution in [0, 0.1) is 0 Å². The Kier molecular flexibility index (Phi) is 4.91. The molecule has 0 aromatic carbocycles. The summed E-state index contributed by atoms with van der Waals surface area (Å²) in [7, 11) is 1.36. The maximum Gasteiger partial charge on any atom is 0.374 e. The van der Waals surface area contributed by atoms with Crippen molar-refractivity contribution in [3.63, 3.8) is 0 Å². The molecule has 0 fully saturated rings. The van der Waals surface area contributed by atoms with Gasteiger partial charge in [-0.1, -0.05) is 0 Å². The summed E-state index contributed by atoms with van der Waals surface area (Å²) in [6.45, 7) is -0.209. The van der Waals surface area contributed by atoms with Crippen LogP contribution >= 0.6 is 0 Å². The van der Waals surface area contributed by atoms with Gasteiger partial charge in [-0.25, -0.2) is 9.59 Å². The van der Waals surface area contributed by atoms with Crippen molar-refractivity contribution in [2.75, 3.05) is 13.7 Å². The third-order valence-electron chi connectivity index (χ3n) is 2.55. The van der Waals surface area contributed by atoms with Crippen LogP contribution in [0.1, 0.15) is 16.3 Å². The SMILES string of the molecule is CNC(=O)NC(=O)COC(=O)c1ccc(Cn2cccn2)o1. The van der Waals surface area contributed by atoms with E-state index in [4.69, 9.17) is 9.15 Å². The highest BCUT2D eigenvalue weighted by Crippen LogP contribution is 2.10. The van der Waals surface area contributed by atoms with Gasteiger partial charge in [-0.15, -0.1) is 0 Å². The van der Waals surface area contributed by atoms with Gasteiger partial charge in [0.05, 0.1) is 6.54 Å².